The van der Waals surface area contributed by atoms with Gasteiger partial charge >= 0.3 is 5.97 Å². The van der Waals surface area contributed by atoms with E-state index in [1.165, 1.54) is 13.2 Å². The summed E-state index contributed by atoms with van der Waals surface area (Å²) in [6, 6.07) is 11.5. The van der Waals surface area contributed by atoms with E-state index >= 15 is 0 Å². The first-order valence-electron chi connectivity index (χ1n) is 10.1. The summed E-state index contributed by atoms with van der Waals surface area (Å²) >= 11 is 6.18. The number of carbonyl (C=O) groups excluding carboxylic acids is 1. The van der Waals surface area contributed by atoms with Gasteiger partial charge in [-0.05, 0) is 55.0 Å². The highest BCUT2D eigenvalue weighted by Crippen LogP contribution is 2.39. The van der Waals surface area contributed by atoms with Crippen molar-refractivity contribution < 1.29 is 23.8 Å². The van der Waals surface area contributed by atoms with E-state index in [9.17, 15) is 14.3 Å². The number of aliphatic hydroxyl groups excluding tert-OH is 1. The molecule has 0 radical (unpaired) electrons. The van der Waals surface area contributed by atoms with Gasteiger partial charge in [-0.2, -0.15) is 0 Å². The molecule has 4 atom stereocenters. The lowest BCUT2D eigenvalue weighted by atomic mass is 9.78. The van der Waals surface area contributed by atoms with Crippen LogP contribution in [-0.2, 0) is 11.3 Å². The molecule has 1 N–H and O–H groups in total. The van der Waals surface area contributed by atoms with E-state index in [1.807, 2.05) is 0 Å². The van der Waals surface area contributed by atoms with Gasteiger partial charge < -0.3 is 14.6 Å². The molecule has 30 heavy (non-hydrogen) atoms. The van der Waals surface area contributed by atoms with Crippen LogP contribution < -0.4 is 4.74 Å². The fraction of sp³-hybridized carbons (Fsp3) is 0.435. The highest BCUT2D eigenvalue weighted by molar-refractivity contribution is 6.31. The molecule has 7 heteroatoms. The number of halogens is 2. The maximum atomic E-state index is 14.2. The molecule has 2 aromatic carbocycles. The number of hydrogen-bond donors (Lipinski definition) is 1. The quantitative estimate of drug-likeness (QED) is 0.724. The van der Waals surface area contributed by atoms with E-state index in [1.54, 1.807) is 36.4 Å². The number of rotatable bonds is 5. The van der Waals surface area contributed by atoms with Crippen molar-refractivity contribution >= 4 is 17.6 Å². The second-order valence-electron chi connectivity index (χ2n) is 8.13. The van der Waals surface area contributed by atoms with Crippen LogP contribution in [0, 0.1) is 17.7 Å². The lowest BCUT2D eigenvalue weighted by molar-refractivity contribution is -0.0231. The van der Waals surface area contributed by atoms with Gasteiger partial charge in [0, 0.05) is 30.2 Å². The lowest BCUT2D eigenvalue weighted by Gasteiger charge is -2.35. The SMILES string of the molecule is COC(=O)c1cccc(O[C@@H]2C[C@@H]3CN(Cc4c(F)cccc4Cl)C[C@@H]3C[C@H]2O)c1. The van der Waals surface area contributed by atoms with Crippen molar-refractivity contribution in [2.45, 2.75) is 31.6 Å². The summed E-state index contributed by atoms with van der Waals surface area (Å²) < 4.78 is 24.9. The van der Waals surface area contributed by atoms with Crippen molar-refractivity contribution in [1.29, 1.82) is 0 Å². The van der Waals surface area contributed by atoms with E-state index in [0.717, 1.165) is 13.1 Å². The van der Waals surface area contributed by atoms with Gasteiger partial charge in [-0.3, -0.25) is 4.90 Å². The predicted octanol–water partition coefficient (Wildman–Crippen LogP) is 3.92. The number of benzene rings is 2. The number of ether oxygens (including phenoxy) is 2. The number of fused-ring (bicyclic) bond motifs is 1. The van der Waals surface area contributed by atoms with Crippen LogP contribution in [-0.4, -0.2) is 48.4 Å². The van der Waals surface area contributed by atoms with Crippen molar-refractivity contribution in [3.8, 4) is 5.75 Å². The molecule has 1 heterocycles. The number of hydrogen-bond acceptors (Lipinski definition) is 5. The number of esters is 1. The van der Waals surface area contributed by atoms with E-state index in [-0.39, 0.29) is 11.9 Å². The molecule has 0 bridgehead atoms. The van der Waals surface area contributed by atoms with Crippen LogP contribution >= 0.6 is 11.6 Å². The summed E-state index contributed by atoms with van der Waals surface area (Å²) in [5.74, 6) is 0.514. The minimum Gasteiger partial charge on any atom is -0.488 e. The molecule has 1 aliphatic heterocycles. The molecule has 0 aromatic heterocycles. The van der Waals surface area contributed by atoms with Crippen LogP contribution in [0.15, 0.2) is 42.5 Å². The standard InChI is InChI=1S/C23H25ClFNO4/c1-29-23(28)14-4-2-5-17(8-14)30-22-10-16-12-26(11-15(16)9-21(22)27)13-18-19(24)6-3-7-20(18)25/h2-8,15-16,21-22,27H,9-13H2,1H3/t15-,16+,21+,22+/m0/s1. The Bertz CT molecular complexity index is 904. The van der Waals surface area contributed by atoms with Crippen molar-refractivity contribution in [1.82, 2.24) is 4.90 Å². The van der Waals surface area contributed by atoms with Crippen LogP contribution in [0.4, 0.5) is 4.39 Å². The Balaban J connectivity index is 1.41. The summed E-state index contributed by atoms with van der Waals surface area (Å²) in [5.41, 5.74) is 0.928. The summed E-state index contributed by atoms with van der Waals surface area (Å²) in [4.78, 5) is 13.9. The van der Waals surface area contributed by atoms with Crippen molar-refractivity contribution in [2.75, 3.05) is 20.2 Å². The van der Waals surface area contributed by atoms with Crippen molar-refractivity contribution in [2.24, 2.45) is 11.8 Å². The molecular formula is C23H25ClFNO4. The predicted molar refractivity (Wildman–Crippen MR) is 111 cm³/mol. The average molecular weight is 434 g/mol. The zero-order chi connectivity index (χ0) is 21.3. The zero-order valence-corrected chi connectivity index (χ0v) is 17.5. The van der Waals surface area contributed by atoms with Gasteiger partial charge in [0.2, 0.25) is 0 Å². The van der Waals surface area contributed by atoms with Gasteiger partial charge in [-0.15, -0.1) is 0 Å². The Hall–Kier alpha value is -2.15. The van der Waals surface area contributed by atoms with Crippen LogP contribution in [0.2, 0.25) is 5.02 Å². The van der Waals surface area contributed by atoms with Crippen LogP contribution in [0.25, 0.3) is 0 Å². The number of likely N-dealkylation sites (tertiary alicyclic amines) is 1. The van der Waals surface area contributed by atoms with Crippen molar-refractivity contribution in [3.05, 3.63) is 64.4 Å². The number of aliphatic hydroxyl groups is 1. The lowest BCUT2D eigenvalue weighted by Crippen LogP contribution is -2.42. The minimum absolute atomic E-state index is 0.288. The third-order valence-electron chi connectivity index (χ3n) is 6.15. The van der Waals surface area contributed by atoms with Crippen molar-refractivity contribution in [3.63, 3.8) is 0 Å². The molecule has 4 rings (SSSR count). The van der Waals surface area contributed by atoms with Gasteiger partial charge in [0.25, 0.3) is 0 Å². The fourth-order valence-corrected chi connectivity index (χ4v) is 4.86. The van der Waals surface area contributed by atoms with Gasteiger partial charge in [0.15, 0.2) is 0 Å². The largest absolute Gasteiger partial charge is 0.488 e. The Labute approximate surface area is 180 Å². The fourth-order valence-electron chi connectivity index (χ4n) is 4.64. The first-order valence-corrected chi connectivity index (χ1v) is 10.5. The minimum atomic E-state index is -0.593. The highest BCUT2D eigenvalue weighted by Gasteiger charge is 2.42. The first-order chi connectivity index (χ1) is 14.4. The molecule has 2 aliphatic rings. The monoisotopic (exact) mass is 433 g/mol. The molecule has 5 nitrogen and oxygen atoms in total. The second kappa shape index (κ2) is 8.92. The number of nitrogens with zero attached hydrogens (tertiary/aromatic N) is 1. The van der Waals surface area contributed by atoms with Gasteiger partial charge in [-0.25, -0.2) is 9.18 Å². The Morgan fingerprint density at radius 2 is 1.93 bits per heavy atom. The summed E-state index contributed by atoms with van der Waals surface area (Å²) in [7, 11) is 1.33. The van der Waals surface area contributed by atoms with Crippen LogP contribution in [0.3, 0.4) is 0 Å². The Morgan fingerprint density at radius 1 is 1.20 bits per heavy atom. The van der Waals surface area contributed by atoms with Gasteiger partial charge in [-0.1, -0.05) is 23.7 Å². The summed E-state index contributed by atoms with van der Waals surface area (Å²) in [5, 5.41) is 11.1. The smallest absolute Gasteiger partial charge is 0.337 e. The Morgan fingerprint density at radius 3 is 2.67 bits per heavy atom. The normalized spacial score (nSPS) is 26.3. The molecule has 0 amide bonds. The van der Waals surface area contributed by atoms with Crippen LogP contribution in [0.5, 0.6) is 5.75 Å². The van der Waals surface area contributed by atoms with Gasteiger partial charge in [0.05, 0.1) is 18.8 Å². The molecule has 2 aromatic rings. The zero-order valence-electron chi connectivity index (χ0n) is 16.8. The van der Waals surface area contributed by atoms with E-state index in [0.29, 0.717) is 53.1 Å². The maximum Gasteiger partial charge on any atom is 0.337 e. The molecule has 1 saturated carbocycles. The molecule has 160 valence electrons. The summed E-state index contributed by atoms with van der Waals surface area (Å²) in [6.07, 6.45) is 0.393. The maximum absolute atomic E-state index is 14.2. The van der Waals surface area contributed by atoms with E-state index in [2.05, 4.69) is 4.90 Å². The summed E-state index contributed by atoms with van der Waals surface area (Å²) in [6.45, 7) is 2.07. The third-order valence-corrected chi connectivity index (χ3v) is 6.50. The van der Waals surface area contributed by atoms with E-state index < -0.39 is 12.1 Å². The molecule has 0 unspecified atom stereocenters. The number of carbonyl (C=O) groups is 1. The topological polar surface area (TPSA) is 59.0 Å². The highest BCUT2D eigenvalue weighted by atomic mass is 35.5. The van der Waals surface area contributed by atoms with Gasteiger partial charge in [0.1, 0.15) is 17.7 Å². The molecular weight excluding hydrogens is 409 g/mol. The number of methoxy groups -OCH3 is 1. The third kappa shape index (κ3) is 4.46. The Kier molecular flexibility index (Phi) is 6.27. The molecule has 1 saturated heterocycles. The molecule has 2 fully saturated rings. The second-order valence-corrected chi connectivity index (χ2v) is 8.54. The average Bonchev–Trinajstić information content (AvgIpc) is 3.12. The van der Waals surface area contributed by atoms with E-state index in [4.69, 9.17) is 21.1 Å². The first kappa shape index (κ1) is 21.1. The molecule has 0 spiro atoms. The van der Waals surface area contributed by atoms with Crippen LogP contribution in [0.1, 0.15) is 28.8 Å². The molecule has 1 aliphatic carbocycles.